The predicted octanol–water partition coefficient (Wildman–Crippen LogP) is 0.482. The van der Waals surface area contributed by atoms with E-state index in [1.807, 2.05) is 19.0 Å². The Morgan fingerprint density at radius 1 is 1.41 bits per heavy atom. The minimum absolute atomic E-state index is 0.0109. The molecule has 0 aliphatic carbocycles. The third kappa shape index (κ3) is 4.81. The summed E-state index contributed by atoms with van der Waals surface area (Å²) in [7, 11) is 3.77. The number of carbonyl (C=O) groups is 3. The fourth-order valence-electron chi connectivity index (χ4n) is 1.91. The minimum Gasteiger partial charge on any atom is -0.483 e. The molecule has 1 aromatic rings. The third-order valence-electron chi connectivity index (χ3n) is 2.92. The van der Waals surface area contributed by atoms with E-state index in [0.29, 0.717) is 18.8 Å². The number of fused-ring (bicyclic) bond motifs is 1. The van der Waals surface area contributed by atoms with Crippen LogP contribution >= 0.6 is 0 Å². The molecule has 1 aromatic carbocycles. The van der Waals surface area contributed by atoms with E-state index >= 15 is 0 Å². The molecule has 0 bridgehead atoms. The molecule has 0 unspecified atom stereocenters. The number of rotatable bonds is 3. The molecule has 22 heavy (non-hydrogen) atoms. The maximum atomic E-state index is 13.2. The first-order chi connectivity index (χ1) is 10.4. The Balaban J connectivity index is 0.000000745. The molecule has 0 saturated carbocycles. The van der Waals surface area contributed by atoms with Crippen LogP contribution in [0.25, 0.3) is 0 Å². The number of nitrogens with one attached hydrogen (secondary N) is 1. The number of nitrogens with zero attached hydrogens (tertiary/aromatic N) is 2. The van der Waals surface area contributed by atoms with E-state index in [4.69, 9.17) is 9.90 Å². The van der Waals surface area contributed by atoms with Crippen molar-refractivity contribution >= 4 is 24.0 Å². The molecule has 0 spiro atoms. The van der Waals surface area contributed by atoms with Crippen molar-refractivity contribution in [1.82, 2.24) is 9.80 Å². The van der Waals surface area contributed by atoms with Crippen LogP contribution in [-0.4, -0.2) is 66.9 Å². The minimum atomic E-state index is -0.490. The zero-order valence-electron chi connectivity index (χ0n) is 12.4. The van der Waals surface area contributed by atoms with Crippen molar-refractivity contribution in [1.29, 1.82) is 0 Å². The first-order valence-electron chi connectivity index (χ1n) is 6.50. The molecule has 1 aliphatic heterocycles. The van der Waals surface area contributed by atoms with Gasteiger partial charge in [0.25, 0.3) is 12.4 Å². The van der Waals surface area contributed by atoms with Gasteiger partial charge >= 0.3 is 0 Å². The summed E-state index contributed by atoms with van der Waals surface area (Å²) in [6, 6.07) is 3.80. The molecule has 8 heteroatoms. The van der Waals surface area contributed by atoms with Gasteiger partial charge in [0, 0.05) is 13.1 Å². The molecule has 7 nitrogen and oxygen atoms in total. The van der Waals surface area contributed by atoms with Crippen LogP contribution in [0.1, 0.15) is 10.4 Å². The van der Waals surface area contributed by atoms with Crippen molar-refractivity contribution in [3.05, 3.63) is 29.6 Å². The van der Waals surface area contributed by atoms with Crippen molar-refractivity contribution in [2.24, 2.45) is 0 Å². The van der Waals surface area contributed by atoms with Gasteiger partial charge in [-0.1, -0.05) is 0 Å². The highest BCUT2D eigenvalue weighted by Gasteiger charge is 2.26. The fraction of sp³-hybridized carbons (Fsp3) is 0.357. The van der Waals surface area contributed by atoms with Crippen LogP contribution in [0, 0.1) is 5.82 Å². The van der Waals surface area contributed by atoms with Gasteiger partial charge in [-0.25, -0.2) is 4.39 Å². The number of hydrogen-bond acceptors (Lipinski definition) is 4. The van der Waals surface area contributed by atoms with Crippen LogP contribution in [0.3, 0.4) is 0 Å². The molecule has 1 heterocycles. The third-order valence-corrected chi connectivity index (χ3v) is 2.92. The van der Waals surface area contributed by atoms with Crippen molar-refractivity contribution in [2.75, 3.05) is 39.0 Å². The lowest BCUT2D eigenvalue weighted by Crippen LogP contribution is -2.39. The van der Waals surface area contributed by atoms with Gasteiger partial charge in [-0.3, -0.25) is 14.4 Å². The summed E-state index contributed by atoms with van der Waals surface area (Å²) < 4.78 is 13.2. The summed E-state index contributed by atoms with van der Waals surface area (Å²) in [5.41, 5.74) is 0.563. The molecule has 0 fully saturated rings. The molecule has 2 amide bonds. The van der Waals surface area contributed by atoms with E-state index < -0.39 is 5.82 Å². The predicted molar refractivity (Wildman–Crippen MR) is 78.2 cm³/mol. The van der Waals surface area contributed by atoms with E-state index in [1.54, 1.807) is 0 Å². The van der Waals surface area contributed by atoms with Gasteiger partial charge in [-0.15, -0.1) is 0 Å². The van der Waals surface area contributed by atoms with Crippen LogP contribution in [0.2, 0.25) is 0 Å². The first-order valence-corrected chi connectivity index (χ1v) is 6.50. The molecule has 0 atom stereocenters. The van der Waals surface area contributed by atoms with Crippen molar-refractivity contribution in [2.45, 2.75) is 0 Å². The van der Waals surface area contributed by atoms with Gasteiger partial charge < -0.3 is 20.2 Å². The lowest BCUT2D eigenvalue weighted by molar-refractivity contribution is -0.123. The average Bonchev–Trinajstić information content (AvgIpc) is 2.55. The standard InChI is InChI=1S/C13H16FN3O2.CH2O2/c1-16(2)5-6-17-8-12(18)15-11-4-3-9(14)7-10(11)13(17)19;2-1-3/h3-4,7H,5-6,8H2,1-2H3,(H,15,18);1H,(H,2,3). The molecule has 120 valence electrons. The smallest absolute Gasteiger partial charge is 0.290 e. The Hall–Kier alpha value is -2.48. The molecule has 0 aromatic heterocycles. The second kappa shape index (κ2) is 8.08. The Morgan fingerprint density at radius 2 is 2.05 bits per heavy atom. The number of likely N-dealkylation sites (N-methyl/N-ethyl adjacent to an activating group) is 1. The van der Waals surface area contributed by atoms with Crippen molar-refractivity contribution < 1.29 is 23.9 Å². The van der Waals surface area contributed by atoms with Gasteiger partial charge in [0.1, 0.15) is 12.4 Å². The summed E-state index contributed by atoms with van der Waals surface area (Å²) in [5.74, 6) is -1.08. The van der Waals surface area contributed by atoms with Gasteiger partial charge in [0.2, 0.25) is 5.91 Å². The van der Waals surface area contributed by atoms with E-state index in [9.17, 15) is 14.0 Å². The Bertz CT molecular complexity index is 563. The van der Waals surface area contributed by atoms with Gasteiger partial charge in [-0.2, -0.15) is 0 Å². The summed E-state index contributed by atoms with van der Waals surface area (Å²) in [4.78, 5) is 35.7. The zero-order chi connectivity index (χ0) is 16.7. The summed E-state index contributed by atoms with van der Waals surface area (Å²) in [6.45, 7) is 0.807. The van der Waals surface area contributed by atoms with Crippen LogP contribution in [0.4, 0.5) is 10.1 Å². The molecule has 0 radical (unpaired) electrons. The van der Waals surface area contributed by atoms with E-state index in [0.717, 1.165) is 6.07 Å². The number of halogens is 1. The van der Waals surface area contributed by atoms with Crippen LogP contribution < -0.4 is 5.32 Å². The maximum absolute atomic E-state index is 13.2. The molecule has 2 N–H and O–H groups in total. The van der Waals surface area contributed by atoms with Gasteiger partial charge in [-0.05, 0) is 32.3 Å². The Labute approximate surface area is 127 Å². The van der Waals surface area contributed by atoms with Crippen LogP contribution in [-0.2, 0) is 9.59 Å². The normalized spacial score (nSPS) is 13.7. The van der Waals surface area contributed by atoms with E-state index in [-0.39, 0.29) is 30.4 Å². The topological polar surface area (TPSA) is 90.0 Å². The number of carbonyl (C=O) groups excluding carboxylic acids is 2. The molecular weight excluding hydrogens is 293 g/mol. The average molecular weight is 311 g/mol. The monoisotopic (exact) mass is 311 g/mol. The Kier molecular flexibility index (Phi) is 6.46. The summed E-state index contributed by atoms with van der Waals surface area (Å²) >= 11 is 0. The lowest BCUT2D eigenvalue weighted by Gasteiger charge is -2.21. The lowest BCUT2D eigenvalue weighted by atomic mass is 10.1. The molecular formula is C14H18FN3O4. The van der Waals surface area contributed by atoms with E-state index in [2.05, 4.69) is 5.32 Å². The second-order valence-electron chi connectivity index (χ2n) is 4.87. The molecule has 2 rings (SSSR count). The highest BCUT2D eigenvalue weighted by atomic mass is 19.1. The zero-order valence-corrected chi connectivity index (χ0v) is 12.4. The largest absolute Gasteiger partial charge is 0.483 e. The fourth-order valence-corrected chi connectivity index (χ4v) is 1.91. The summed E-state index contributed by atoms with van der Waals surface area (Å²) in [5, 5.41) is 9.50. The molecule has 0 saturated heterocycles. The number of benzene rings is 1. The number of carboxylic acid groups (broad SMARTS) is 1. The SMILES string of the molecule is CN(C)CCN1CC(=O)Nc2ccc(F)cc2C1=O.O=CO. The van der Waals surface area contributed by atoms with Crippen molar-refractivity contribution in [3.8, 4) is 0 Å². The number of amides is 2. The highest BCUT2D eigenvalue weighted by Crippen LogP contribution is 2.21. The highest BCUT2D eigenvalue weighted by molar-refractivity contribution is 6.08. The quantitative estimate of drug-likeness (QED) is 0.793. The second-order valence-corrected chi connectivity index (χ2v) is 4.87. The number of hydrogen-bond donors (Lipinski definition) is 2. The van der Waals surface area contributed by atoms with Crippen LogP contribution in [0.5, 0.6) is 0 Å². The molecule has 1 aliphatic rings. The number of anilines is 1. The van der Waals surface area contributed by atoms with Crippen LogP contribution in [0.15, 0.2) is 18.2 Å². The van der Waals surface area contributed by atoms with Crippen molar-refractivity contribution in [3.63, 3.8) is 0 Å². The summed E-state index contributed by atoms with van der Waals surface area (Å²) in [6.07, 6.45) is 0. The van der Waals surface area contributed by atoms with Gasteiger partial charge in [0.05, 0.1) is 11.3 Å². The maximum Gasteiger partial charge on any atom is 0.290 e. The Morgan fingerprint density at radius 3 is 2.64 bits per heavy atom. The van der Waals surface area contributed by atoms with Gasteiger partial charge in [0.15, 0.2) is 0 Å². The first kappa shape index (κ1) is 17.6. The van der Waals surface area contributed by atoms with E-state index in [1.165, 1.54) is 17.0 Å².